The van der Waals surface area contributed by atoms with E-state index < -0.39 is 0 Å². The molecule has 16 heavy (non-hydrogen) atoms. The summed E-state index contributed by atoms with van der Waals surface area (Å²) < 4.78 is 0. The smallest absolute Gasteiger partial charge is 0.163 e. The van der Waals surface area contributed by atoms with Crippen LogP contribution in [0, 0.1) is 18.3 Å². The Kier molecular flexibility index (Phi) is 2.79. The number of pyridine rings is 2. The molecule has 2 aromatic heterocycles. The van der Waals surface area contributed by atoms with Crippen LogP contribution in [-0.2, 0) is 0 Å². The van der Waals surface area contributed by atoms with E-state index in [1.807, 2.05) is 25.1 Å². The molecule has 4 nitrogen and oxygen atoms in total. The van der Waals surface area contributed by atoms with Crippen LogP contribution in [0.25, 0.3) is 0 Å². The third-order valence-corrected chi connectivity index (χ3v) is 2.07. The maximum absolute atomic E-state index is 8.88. The molecule has 0 spiro atoms. The highest BCUT2D eigenvalue weighted by atomic mass is 14.9. The van der Waals surface area contributed by atoms with Crippen LogP contribution in [0.4, 0.5) is 11.4 Å². The third-order valence-electron chi connectivity index (χ3n) is 2.07. The van der Waals surface area contributed by atoms with Crippen LogP contribution in [0.5, 0.6) is 0 Å². The van der Waals surface area contributed by atoms with Crippen molar-refractivity contribution in [1.29, 1.82) is 5.26 Å². The molecule has 0 aliphatic heterocycles. The van der Waals surface area contributed by atoms with Crippen LogP contribution in [0.15, 0.2) is 36.8 Å². The first kappa shape index (κ1) is 10.1. The molecular formula is C12H10N4. The molecule has 0 atom stereocenters. The van der Waals surface area contributed by atoms with Gasteiger partial charge in [0.2, 0.25) is 0 Å². The van der Waals surface area contributed by atoms with Crippen molar-refractivity contribution in [2.75, 3.05) is 5.32 Å². The molecule has 0 aliphatic carbocycles. The summed E-state index contributed by atoms with van der Waals surface area (Å²) in [6, 6.07) is 7.59. The number of hydrogen-bond acceptors (Lipinski definition) is 4. The van der Waals surface area contributed by atoms with Gasteiger partial charge in [-0.15, -0.1) is 0 Å². The Morgan fingerprint density at radius 3 is 3.00 bits per heavy atom. The van der Waals surface area contributed by atoms with Gasteiger partial charge < -0.3 is 5.32 Å². The molecule has 0 saturated carbocycles. The van der Waals surface area contributed by atoms with Crippen LogP contribution in [0.1, 0.15) is 11.3 Å². The second kappa shape index (κ2) is 4.41. The minimum Gasteiger partial charge on any atom is -0.352 e. The average Bonchev–Trinajstić information content (AvgIpc) is 2.30. The van der Waals surface area contributed by atoms with Crippen molar-refractivity contribution in [3.05, 3.63) is 48.0 Å². The molecule has 0 amide bonds. The van der Waals surface area contributed by atoms with Gasteiger partial charge in [0.25, 0.3) is 0 Å². The zero-order chi connectivity index (χ0) is 11.4. The number of nitriles is 1. The van der Waals surface area contributed by atoms with E-state index in [0.717, 1.165) is 11.3 Å². The lowest BCUT2D eigenvalue weighted by molar-refractivity contribution is 1.24. The fourth-order valence-corrected chi connectivity index (χ4v) is 1.37. The molecule has 0 aromatic carbocycles. The molecule has 2 heterocycles. The van der Waals surface area contributed by atoms with E-state index in [1.165, 1.54) is 0 Å². The molecule has 0 unspecified atom stereocenters. The van der Waals surface area contributed by atoms with Gasteiger partial charge in [0.05, 0.1) is 17.6 Å². The Bertz CT molecular complexity index is 543. The molecule has 0 aliphatic rings. The predicted octanol–water partition coefficient (Wildman–Crippen LogP) is 2.40. The number of nitrogens with one attached hydrogen (secondary N) is 1. The number of aryl methyl sites for hydroxylation is 1. The van der Waals surface area contributed by atoms with Crippen LogP contribution in [0.2, 0.25) is 0 Å². The lowest BCUT2D eigenvalue weighted by Gasteiger charge is -2.07. The maximum atomic E-state index is 8.88. The van der Waals surface area contributed by atoms with E-state index in [4.69, 9.17) is 5.26 Å². The number of anilines is 2. The van der Waals surface area contributed by atoms with E-state index in [9.17, 15) is 0 Å². The van der Waals surface area contributed by atoms with Gasteiger partial charge in [0, 0.05) is 12.4 Å². The predicted molar refractivity (Wildman–Crippen MR) is 61.2 cm³/mol. The van der Waals surface area contributed by atoms with Gasteiger partial charge in [-0.05, 0) is 30.7 Å². The number of hydrogen-bond donors (Lipinski definition) is 1. The number of nitrogens with zero attached hydrogens (tertiary/aromatic N) is 3. The Morgan fingerprint density at radius 2 is 2.25 bits per heavy atom. The highest BCUT2D eigenvalue weighted by molar-refractivity contribution is 5.63. The summed E-state index contributed by atoms with van der Waals surface area (Å²) >= 11 is 0. The van der Waals surface area contributed by atoms with Gasteiger partial charge >= 0.3 is 0 Å². The molecule has 2 aromatic rings. The lowest BCUT2D eigenvalue weighted by atomic mass is 10.2. The molecule has 0 radical (unpaired) electrons. The number of aromatic nitrogens is 2. The Morgan fingerprint density at radius 1 is 1.38 bits per heavy atom. The van der Waals surface area contributed by atoms with Crippen LogP contribution < -0.4 is 5.32 Å². The van der Waals surface area contributed by atoms with Gasteiger partial charge in [-0.25, -0.2) is 4.98 Å². The van der Waals surface area contributed by atoms with Gasteiger partial charge in [-0.2, -0.15) is 5.26 Å². The largest absolute Gasteiger partial charge is 0.352 e. The van der Waals surface area contributed by atoms with Crippen molar-refractivity contribution >= 4 is 11.4 Å². The van der Waals surface area contributed by atoms with Gasteiger partial charge in [-0.3, -0.25) is 4.98 Å². The van der Waals surface area contributed by atoms with E-state index in [0.29, 0.717) is 11.4 Å². The zero-order valence-corrected chi connectivity index (χ0v) is 8.81. The first-order valence-electron chi connectivity index (χ1n) is 4.83. The molecular weight excluding hydrogens is 200 g/mol. The highest BCUT2D eigenvalue weighted by Crippen LogP contribution is 2.18. The fraction of sp³-hybridized carbons (Fsp3) is 0.0833. The highest BCUT2D eigenvalue weighted by Gasteiger charge is 2.02. The van der Waals surface area contributed by atoms with Crippen molar-refractivity contribution < 1.29 is 0 Å². The van der Waals surface area contributed by atoms with Gasteiger partial charge in [0.15, 0.2) is 5.69 Å². The molecule has 0 saturated heterocycles. The minimum absolute atomic E-state index is 0.379. The Hall–Kier alpha value is -2.41. The normalized spacial score (nSPS) is 9.50. The monoisotopic (exact) mass is 210 g/mol. The Labute approximate surface area is 93.6 Å². The molecule has 2 rings (SSSR count). The summed E-state index contributed by atoms with van der Waals surface area (Å²) in [5.74, 6) is 0. The van der Waals surface area contributed by atoms with E-state index >= 15 is 0 Å². The number of rotatable bonds is 2. The van der Waals surface area contributed by atoms with Crippen molar-refractivity contribution in [2.45, 2.75) is 6.92 Å². The summed E-state index contributed by atoms with van der Waals surface area (Å²) in [7, 11) is 0. The van der Waals surface area contributed by atoms with Gasteiger partial charge in [0.1, 0.15) is 6.07 Å². The molecule has 0 fully saturated rings. The third kappa shape index (κ3) is 2.15. The summed E-state index contributed by atoms with van der Waals surface area (Å²) in [5.41, 5.74) is 2.98. The fourth-order valence-electron chi connectivity index (χ4n) is 1.37. The first-order chi connectivity index (χ1) is 7.79. The molecule has 4 heteroatoms. The summed E-state index contributed by atoms with van der Waals surface area (Å²) in [4.78, 5) is 8.04. The molecule has 78 valence electrons. The SMILES string of the molecule is Cc1cncc(Nc2cccnc2C#N)c1. The zero-order valence-electron chi connectivity index (χ0n) is 8.81. The van der Waals surface area contributed by atoms with E-state index in [-0.39, 0.29) is 0 Å². The average molecular weight is 210 g/mol. The standard InChI is InChI=1S/C12H10N4/c1-9-5-10(8-14-7-9)16-11-3-2-4-15-12(11)6-13/h2-5,7-8,16H,1H3. The van der Waals surface area contributed by atoms with Crippen LogP contribution in [-0.4, -0.2) is 9.97 Å². The first-order valence-corrected chi connectivity index (χ1v) is 4.83. The summed E-state index contributed by atoms with van der Waals surface area (Å²) in [5, 5.41) is 12.0. The summed E-state index contributed by atoms with van der Waals surface area (Å²) in [6.45, 7) is 1.96. The topological polar surface area (TPSA) is 61.6 Å². The van der Waals surface area contributed by atoms with Crippen molar-refractivity contribution in [2.24, 2.45) is 0 Å². The Balaban J connectivity index is 2.31. The molecule has 1 N–H and O–H groups in total. The van der Waals surface area contributed by atoms with Crippen molar-refractivity contribution in [1.82, 2.24) is 9.97 Å². The summed E-state index contributed by atoms with van der Waals surface area (Å²) in [6.07, 6.45) is 5.08. The van der Waals surface area contributed by atoms with Crippen LogP contribution in [0.3, 0.4) is 0 Å². The van der Waals surface area contributed by atoms with E-state index in [1.54, 1.807) is 24.7 Å². The second-order valence-corrected chi connectivity index (χ2v) is 3.39. The minimum atomic E-state index is 0.379. The van der Waals surface area contributed by atoms with Crippen LogP contribution >= 0.6 is 0 Å². The lowest BCUT2D eigenvalue weighted by Crippen LogP contribution is -1.96. The van der Waals surface area contributed by atoms with Crippen molar-refractivity contribution in [3.8, 4) is 6.07 Å². The maximum Gasteiger partial charge on any atom is 0.163 e. The quantitative estimate of drug-likeness (QED) is 0.826. The van der Waals surface area contributed by atoms with Crippen molar-refractivity contribution in [3.63, 3.8) is 0 Å². The van der Waals surface area contributed by atoms with Gasteiger partial charge in [-0.1, -0.05) is 0 Å². The second-order valence-electron chi connectivity index (χ2n) is 3.39. The van der Waals surface area contributed by atoms with E-state index in [2.05, 4.69) is 15.3 Å². The molecule has 0 bridgehead atoms.